The molecule has 0 fully saturated rings. The lowest BCUT2D eigenvalue weighted by atomic mass is 10.2. The number of hydrogen-bond acceptors (Lipinski definition) is 7. The van der Waals surface area contributed by atoms with Crippen LogP contribution in [-0.4, -0.2) is 27.5 Å². The third-order valence-electron chi connectivity index (χ3n) is 3.33. The standard InChI is InChI=1S/C16H16N4O2S/c1-3-22-15(21)13-14-12(6-8-23-14)19-16(20-13)18-9-11-5-4-7-17-10(11)2/h4-8H,3,9H2,1-2H3,(H,18,19,20). The Bertz CT molecular complexity index is 847. The van der Waals surface area contributed by atoms with E-state index in [4.69, 9.17) is 4.74 Å². The molecule has 1 N–H and O–H groups in total. The minimum Gasteiger partial charge on any atom is -0.461 e. The maximum Gasteiger partial charge on any atom is 0.358 e. The number of nitrogens with one attached hydrogen (secondary N) is 1. The van der Waals surface area contributed by atoms with Gasteiger partial charge in [0.25, 0.3) is 0 Å². The van der Waals surface area contributed by atoms with Crippen molar-refractivity contribution in [1.29, 1.82) is 0 Å². The van der Waals surface area contributed by atoms with Crippen molar-refractivity contribution in [3.05, 3.63) is 46.7 Å². The van der Waals surface area contributed by atoms with Gasteiger partial charge in [-0.3, -0.25) is 4.98 Å². The van der Waals surface area contributed by atoms with Gasteiger partial charge in [-0.15, -0.1) is 11.3 Å². The average Bonchev–Trinajstić information content (AvgIpc) is 3.02. The van der Waals surface area contributed by atoms with Crippen LogP contribution in [0.25, 0.3) is 10.2 Å². The summed E-state index contributed by atoms with van der Waals surface area (Å²) in [5.41, 5.74) is 3.04. The predicted molar refractivity (Wildman–Crippen MR) is 89.7 cm³/mol. The highest BCUT2D eigenvalue weighted by atomic mass is 32.1. The third-order valence-corrected chi connectivity index (χ3v) is 4.24. The number of rotatable bonds is 5. The Balaban J connectivity index is 1.89. The first kappa shape index (κ1) is 15.4. The van der Waals surface area contributed by atoms with Gasteiger partial charge in [0.05, 0.1) is 16.8 Å². The summed E-state index contributed by atoms with van der Waals surface area (Å²) in [6, 6.07) is 5.74. The van der Waals surface area contributed by atoms with Crippen molar-refractivity contribution in [1.82, 2.24) is 15.0 Å². The maximum atomic E-state index is 12.1. The van der Waals surface area contributed by atoms with Gasteiger partial charge in [-0.1, -0.05) is 6.07 Å². The SMILES string of the molecule is CCOC(=O)c1nc(NCc2cccnc2C)nc2ccsc12. The van der Waals surface area contributed by atoms with E-state index in [0.717, 1.165) is 21.5 Å². The van der Waals surface area contributed by atoms with Crippen LogP contribution in [0.4, 0.5) is 5.95 Å². The highest BCUT2D eigenvalue weighted by molar-refractivity contribution is 7.17. The monoisotopic (exact) mass is 328 g/mol. The van der Waals surface area contributed by atoms with Crippen molar-refractivity contribution in [3.63, 3.8) is 0 Å². The zero-order valence-electron chi connectivity index (χ0n) is 12.9. The third kappa shape index (κ3) is 3.29. The largest absolute Gasteiger partial charge is 0.461 e. The van der Waals surface area contributed by atoms with Crippen LogP contribution in [0.15, 0.2) is 29.8 Å². The summed E-state index contributed by atoms with van der Waals surface area (Å²) < 4.78 is 5.82. The predicted octanol–water partition coefficient (Wildman–Crippen LogP) is 3.18. The Morgan fingerprint density at radius 1 is 1.35 bits per heavy atom. The number of fused-ring (bicyclic) bond motifs is 1. The summed E-state index contributed by atoms with van der Waals surface area (Å²) in [5, 5.41) is 5.04. The van der Waals surface area contributed by atoms with E-state index in [1.165, 1.54) is 11.3 Å². The molecule has 0 saturated carbocycles. The molecule has 0 atom stereocenters. The molecule has 0 aliphatic carbocycles. The summed E-state index contributed by atoms with van der Waals surface area (Å²) >= 11 is 1.43. The smallest absolute Gasteiger partial charge is 0.358 e. The average molecular weight is 328 g/mol. The van der Waals surface area contributed by atoms with Gasteiger partial charge in [-0.2, -0.15) is 0 Å². The highest BCUT2D eigenvalue weighted by Crippen LogP contribution is 2.24. The Hall–Kier alpha value is -2.54. The van der Waals surface area contributed by atoms with Gasteiger partial charge < -0.3 is 10.1 Å². The number of esters is 1. The molecule has 0 aromatic carbocycles. The Morgan fingerprint density at radius 3 is 3.00 bits per heavy atom. The van der Waals surface area contributed by atoms with Gasteiger partial charge in [-0.25, -0.2) is 14.8 Å². The molecule has 118 valence electrons. The van der Waals surface area contributed by atoms with E-state index in [1.54, 1.807) is 13.1 Å². The molecule has 0 spiro atoms. The fourth-order valence-electron chi connectivity index (χ4n) is 2.16. The molecule has 0 unspecified atom stereocenters. The normalized spacial score (nSPS) is 10.7. The van der Waals surface area contributed by atoms with Crippen molar-refractivity contribution >= 4 is 33.5 Å². The van der Waals surface area contributed by atoms with E-state index in [2.05, 4.69) is 20.3 Å². The number of ether oxygens (including phenoxy) is 1. The van der Waals surface area contributed by atoms with E-state index in [1.807, 2.05) is 30.5 Å². The molecule has 3 aromatic heterocycles. The highest BCUT2D eigenvalue weighted by Gasteiger charge is 2.17. The Morgan fingerprint density at radius 2 is 2.22 bits per heavy atom. The second kappa shape index (κ2) is 6.70. The molecule has 7 heteroatoms. The number of carbonyl (C=O) groups is 1. The fraction of sp³-hybridized carbons (Fsp3) is 0.250. The second-order valence-corrected chi connectivity index (χ2v) is 5.77. The summed E-state index contributed by atoms with van der Waals surface area (Å²) in [4.78, 5) is 25.1. The first-order valence-electron chi connectivity index (χ1n) is 7.25. The van der Waals surface area contributed by atoms with Crippen LogP contribution < -0.4 is 5.32 Å². The van der Waals surface area contributed by atoms with Crippen LogP contribution in [0.5, 0.6) is 0 Å². The molecular formula is C16H16N4O2S. The molecule has 3 heterocycles. The minimum atomic E-state index is -0.428. The Labute approximate surface area is 137 Å². The number of pyridine rings is 1. The van der Waals surface area contributed by atoms with E-state index in [-0.39, 0.29) is 0 Å². The van der Waals surface area contributed by atoms with Gasteiger partial charge in [0.2, 0.25) is 5.95 Å². The van der Waals surface area contributed by atoms with Crippen molar-refractivity contribution < 1.29 is 9.53 Å². The van der Waals surface area contributed by atoms with Crippen molar-refractivity contribution in [2.24, 2.45) is 0 Å². The fourth-order valence-corrected chi connectivity index (χ4v) is 2.97. The van der Waals surface area contributed by atoms with Gasteiger partial charge in [0, 0.05) is 18.4 Å². The summed E-state index contributed by atoms with van der Waals surface area (Å²) in [7, 11) is 0. The zero-order chi connectivity index (χ0) is 16.2. The number of aryl methyl sites for hydroxylation is 1. The van der Waals surface area contributed by atoms with Gasteiger partial charge in [0.15, 0.2) is 5.69 Å². The van der Waals surface area contributed by atoms with Crippen LogP contribution in [0.3, 0.4) is 0 Å². The molecule has 23 heavy (non-hydrogen) atoms. The topological polar surface area (TPSA) is 77.0 Å². The first-order valence-corrected chi connectivity index (χ1v) is 8.13. The summed E-state index contributed by atoms with van der Waals surface area (Å²) in [6.45, 7) is 4.57. The van der Waals surface area contributed by atoms with Crippen LogP contribution >= 0.6 is 11.3 Å². The first-order chi connectivity index (χ1) is 11.2. The van der Waals surface area contributed by atoms with Crippen LogP contribution in [0.2, 0.25) is 0 Å². The Kier molecular flexibility index (Phi) is 4.47. The summed E-state index contributed by atoms with van der Waals surface area (Å²) in [6.07, 6.45) is 1.76. The van der Waals surface area contributed by atoms with E-state index in [9.17, 15) is 4.79 Å². The van der Waals surface area contributed by atoms with E-state index in [0.29, 0.717) is 24.8 Å². The van der Waals surface area contributed by atoms with Gasteiger partial charge in [0.1, 0.15) is 0 Å². The minimum absolute atomic E-state index is 0.303. The number of nitrogens with zero attached hydrogens (tertiary/aromatic N) is 3. The lowest BCUT2D eigenvalue weighted by molar-refractivity contribution is 0.0522. The molecule has 0 aliphatic heterocycles. The quantitative estimate of drug-likeness (QED) is 0.725. The number of anilines is 1. The summed E-state index contributed by atoms with van der Waals surface area (Å²) in [5.74, 6) is -0.0230. The molecule has 0 radical (unpaired) electrons. The molecule has 6 nitrogen and oxygen atoms in total. The number of hydrogen-bond donors (Lipinski definition) is 1. The maximum absolute atomic E-state index is 12.1. The number of thiophene rings is 1. The number of aromatic nitrogens is 3. The van der Waals surface area contributed by atoms with Crippen molar-refractivity contribution in [2.45, 2.75) is 20.4 Å². The molecule has 0 aliphatic rings. The zero-order valence-corrected chi connectivity index (χ0v) is 13.7. The lowest BCUT2D eigenvalue weighted by Gasteiger charge is -2.09. The van der Waals surface area contributed by atoms with E-state index >= 15 is 0 Å². The van der Waals surface area contributed by atoms with Crippen molar-refractivity contribution in [3.8, 4) is 0 Å². The van der Waals surface area contributed by atoms with Crippen LogP contribution in [-0.2, 0) is 11.3 Å². The number of carbonyl (C=O) groups excluding carboxylic acids is 1. The van der Waals surface area contributed by atoms with Crippen molar-refractivity contribution in [2.75, 3.05) is 11.9 Å². The van der Waals surface area contributed by atoms with Crippen LogP contribution in [0, 0.1) is 6.92 Å². The molecule has 3 aromatic rings. The van der Waals surface area contributed by atoms with Gasteiger partial charge in [-0.05, 0) is 36.9 Å². The molecule has 0 amide bonds. The molecule has 3 rings (SSSR count). The second-order valence-electron chi connectivity index (χ2n) is 4.85. The van der Waals surface area contributed by atoms with Gasteiger partial charge >= 0.3 is 5.97 Å². The molecule has 0 bridgehead atoms. The molecular weight excluding hydrogens is 312 g/mol. The molecule has 0 saturated heterocycles. The van der Waals surface area contributed by atoms with E-state index < -0.39 is 5.97 Å². The van der Waals surface area contributed by atoms with Crippen LogP contribution in [0.1, 0.15) is 28.7 Å². The lowest BCUT2D eigenvalue weighted by Crippen LogP contribution is -2.11.